The highest BCUT2D eigenvalue weighted by Gasteiger charge is 2.47. The number of nitrogens with zero attached hydrogens (tertiary/aromatic N) is 4. The van der Waals surface area contributed by atoms with Gasteiger partial charge in [0, 0.05) is 71.8 Å². The van der Waals surface area contributed by atoms with Gasteiger partial charge in [0.2, 0.25) is 0 Å². The normalized spacial score (nSPS) is 13.7. The van der Waals surface area contributed by atoms with E-state index in [0.717, 1.165) is 106 Å². The van der Waals surface area contributed by atoms with Crippen LogP contribution < -0.4 is 15.7 Å². The van der Waals surface area contributed by atoms with Gasteiger partial charge >= 0.3 is 6.85 Å². The van der Waals surface area contributed by atoms with Crippen LogP contribution in [-0.2, 0) is 16.2 Å². The van der Waals surface area contributed by atoms with Gasteiger partial charge in [-0.15, -0.1) is 0 Å². The second kappa shape index (κ2) is 14.7. The highest BCUT2D eigenvalue weighted by atomic mass is 16.3. The first-order valence-corrected chi connectivity index (χ1v) is 26.1. The number of imidazole rings is 1. The van der Waals surface area contributed by atoms with Gasteiger partial charge in [-0.05, 0) is 117 Å². The summed E-state index contributed by atoms with van der Waals surface area (Å²) in [4.78, 5) is 8.25. The molecule has 2 aliphatic heterocycles. The van der Waals surface area contributed by atoms with E-state index in [4.69, 9.17) is 13.8 Å². The monoisotopic (exact) mass is 958 g/mol. The lowest BCUT2D eigenvalue weighted by atomic mass is 9.43. The van der Waals surface area contributed by atoms with Crippen LogP contribution in [0.2, 0.25) is 0 Å². The fourth-order valence-corrected chi connectivity index (χ4v) is 12.6. The Morgan fingerprint density at radius 3 is 1.86 bits per heavy atom. The molecule has 6 nitrogen and oxygen atoms in total. The highest BCUT2D eigenvalue weighted by Crippen LogP contribution is 2.53. The van der Waals surface area contributed by atoms with Gasteiger partial charge in [-0.2, -0.15) is 0 Å². The summed E-state index contributed by atoms with van der Waals surface area (Å²) in [6.45, 7) is 20.3. The van der Waals surface area contributed by atoms with Crippen LogP contribution in [0.1, 0.15) is 79.0 Å². The van der Waals surface area contributed by atoms with Gasteiger partial charge in [0.25, 0.3) is 0 Å². The zero-order valence-corrected chi connectivity index (χ0v) is 43.3. The molecule has 0 unspecified atom stereocenters. The summed E-state index contributed by atoms with van der Waals surface area (Å²) in [6, 6.07) is 62.8. The summed E-state index contributed by atoms with van der Waals surface area (Å²) < 4.78 is 19.3. The number of rotatable bonds is 3. The van der Waals surface area contributed by atoms with Crippen molar-refractivity contribution in [2.45, 2.75) is 78.6 Å². The lowest BCUT2D eigenvalue weighted by Crippen LogP contribution is -2.60. The van der Waals surface area contributed by atoms with E-state index in [2.05, 4.69) is 246 Å². The molecule has 0 saturated carbocycles. The van der Waals surface area contributed by atoms with E-state index in [-0.39, 0.29) is 23.1 Å². The molecule has 0 aliphatic carbocycles. The van der Waals surface area contributed by atoms with Gasteiger partial charge in [0.1, 0.15) is 28.2 Å². The third kappa shape index (κ3) is 5.98. The van der Waals surface area contributed by atoms with Crippen molar-refractivity contribution in [2.24, 2.45) is 0 Å². The first-order valence-electron chi connectivity index (χ1n) is 26.1. The Kier molecular flexibility index (Phi) is 8.60. The van der Waals surface area contributed by atoms with E-state index in [9.17, 15) is 0 Å². The van der Waals surface area contributed by atoms with Gasteiger partial charge < -0.3 is 18.2 Å². The molecule has 0 radical (unpaired) electrons. The van der Waals surface area contributed by atoms with E-state index in [1.54, 1.807) is 0 Å². The molecule has 0 amide bonds. The first kappa shape index (κ1) is 43.3. The zero-order valence-electron chi connectivity index (χ0n) is 43.3. The molecule has 0 atom stereocenters. The quantitative estimate of drug-likeness (QED) is 0.166. The number of hydrogen-bond acceptors (Lipinski definition) is 4. The molecule has 0 spiro atoms. The predicted octanol–water partition coefficient (Wildman–Crippen LogP) is 16.7. The van der Waals surface area contributed by atoms with Crippen LogP contribution in [0.15, 0.2) is 179 Å². The molecule has 9 aromatic carbocycles. The summed E-state index contributed by atoms with van der Waals surface area (Å²) in [6.07, 6.45) is 0. The highest BCUT2D eigenvalue weighted by molar-refractivity contribution is 6.94. The van der Waals surface area contributed by atoms with Gasteiger partial charge in [-0.25, -0.2) is 4.98 Å². The second-order valence-electron chi connectivity index (χ2n) is 24.0. The fraction of sp³-hybridized carbons (Fsp3) is 0.179. The molecular weight excluding hydrogens is 904 g/mol. The topological polar surface area (TPSA) is 52.3 Å². The Morgan fingerprint density at radius 1 is 0.459 bits per heavy atom. The molecule has 0 fully saturated rings. The van der Waals surface area contributed by atoms with Crippen molar-refractivity contribution in [1.29, 1.82) is 0 Å². The predicted molar refractivity (Wildman–Crippen MR) is 311 cm³/mol. The number of benzene rings is 9. The van der Waals surface area contributed by atoms with Gasteiger partial charge in [0.05, 0.1) is 22.1 Å². The van der Waals surface area contributed by atoms with Crippen molar-refractivity contribution in [1.82, 2.24) is 14.1 Å². The standard InChI is InChI=1S/C67H55BN4O2/c1-65(2,3)39-24-28-43(29-25-39)72-52-34-46-44-30-26-41(67(7,8)9)33-56(44)73-57(46)35-48(52)60-61-62-58(59-45-22-16-17-23-55(45)74-63(59)60)47-32-40(66(4,5)6)27-31-51(47)71(62)53-37-54-50(36-49(53)68(61)72)69-64(38-18-12-10-13-19-38)70(54)42-20-14-11-15-21-42/h10-37H,1-9H3. The van der Waals surface area contributed by atoms with Crippen LogP contribution in [0.25, 0.3) is 111 Å². The maximum absolute atomic E-state index is 7.36. The molecule has 0 saturated heterocycles. The Labute approximate surface area is 430 Å². The molecule has 2 aliphatic rings. The molecule has 13 aromatic rings. The minimum Gasteiger partial charge on any atom is -0.456 e. The maximum atomic E-state index is 7.36. The lowest BCUT2D eigenvalue weighted by molar-refractivity contribution is 0.587. The van der Waals surface area contributed by atoms with Gasteiger partial charge in [-0.1, -0.05) is 159 Å². The number of anilines is 2. The Bertz CT molecular complexity index is 4530. The summed E-state index contributed by atoms with van der Waals surface area (Å²) >= 11 is 0. The minimum atomic E-state index is -0.290. The van der Waals surface area contributed by atoms with E-state index in [1.807, 2.05) is 0 Å². The molecule has 15 rings (SSSR count). The summed E-state index contributed by atoms with van der Waals surface area (Å²) in [5, 5.41) is 6.88. The largest absolute Gasteiger partial charge is 0.456 e. The molecule has 0 N–H and O–H groups in total. The zero-order chi connectivity index (χ0) is 50.3. The van der Waals surface area contributed by atoms with Crippen molar-refractivity contribution < 1.29 is 8.83 Å². The molecule has 74 heavy (non-hydrogen) atoms. The number of furan rings is 2. The van der Waals surface area contributed by atoms with Crippen LogP contribution in [0.5, 0.6) is 0 Å². The van der Waals surface area contributed by atoms with E-state index < -0.39 is 0 Å². The van der Waals surface area contributed by atoms with E-state index in [1.165, 1.54) is 43.9 Å². The number of para-hydroxylation sites is 2. The number of hydrogen-bond donors (Lipinski definition) is 0. The summed E-state index contributed by atoms with van der Waals surface area (Å²) in [5.74, 6) is 0.904. The second-order valence-corrected chi connectivity index (χ2v) is 24.0. The molecule has 0 bridgehead atoms. The van der Waals surface area contributed by atoms with Crippen LogP contribution >= 0.6 is 0 Å². The van der Waals surface area contributed by atoms with Gasteiger partial charge in [-0.3, -0.25) is 4.57 Å². The third-order valence-electron chi connectivity index (χ3n) is 16.3. The Morgan fingerprint density at radius 2 is 1.12 bits per heavy atom. The smallest absolute Gasteiger partial charge is 0.333 e. The fourth-order valence-electron chi connectivity index (χ4n) is 12.6. The molecule has 7 heteroatoms. The third-order valence-corrected chi connectivity index (χ3v) is 16.3. The molecule has 6 heterocycles. The number of aromatic nitrogens is 3. The maximum Gasteiger partial charge on any atom is 0.333 e. The Hall–Kier alpha value is -8.29. The van der Waals surface area contributed by atoms with Gasteiger partial charge in [0.15, 0.2) is 0 Å². The van der Waals surface area contributed by atoms with Crippen LogP contribution in [0.3, 0.4) is 0 Å². The SMILES string of the molecule is CC(C)(C)c1ccc(N2B3c4cc5nc(-c6ccccc6)n(-c6ccccc6)c5cc4-n4c5ccc(C(C)(C)C)cc5c5c6c(oc7ccccc76)c(c3c54)-c3cc4oc5cc(C(C)(C)C)ccc5c4cc32)cc1. The number of fused-ring (bicyclic) bond motifs is 17. The van der Waals surface area contributed by atoms with Crippen LogP contribution in [-0.4, -0.2) is 21.0 Å². The van der Waals surface area contributed by atoms with E-state index >= 15 is 0 Å². The van der Waals surface area contributed by atoms with Crippen molar-refractivity contribution in [3.63, 3.8) is 0 Å². The molecule has 358 valence electrons. The summed E-state index contributed by atoms with van der Waals surface area (Å²) in [7, 11) is 0. The average Bonchev–Trinajstić information content (AvgIpc) is 4.16. The van der Waals surface area contributed by atoms with Crippen molar-refractivity contribution in [3.8, 4) is 33.9 Å². The first-order chi connectivity index (χ1) is 35.6. The van der Waals surface area contributed by atoms with Crippen molar-refractivity contribution >= 4 is 106 Å². The van der Waals surface area contributed by atoms with E-state index in [0.29, 0.717) is 0 Å². The lowest BCUT2D eigenvalue weighted by Gasteiger charge is -2.42. The summed E-state index contributed by atoms with van der Waals surface area (Å²) in [5.41, 5.74) is 21.6. The van der Waals surface area contributed by atoms with Crippen molar-refractivity contribution in [2.75, 3.05) is 4.81 Å². The Balaban J connectivity index is 1.16. The van der Waals surface area contributed by atoms with Crippen molar-refractivity contribution in [3.05, 3.63) is 187 Å². The van der Waals surface area contributed by atoms with Crippen LogP contribution in [0, 0.1) is 0 Å². The van der Waals surface area contributed by atoms with Crippen LogP contribution in [0.4, 0.5) is 11.4 Å². The minimum absolute atomic E-state index is 0.0261. The molecular formula is C67H55BN4O2. The average molecular weight is 959 g/mol. The molecule has 4 aromatic heterocycles.